The highest BCUT2D eigenvalue weighted by molar-refractivity contribution is 5.94. The van der Waals surface area contributed by atoms with Crippen molar-refractivity contribution >= 4 is 17.6 Å². The number of nitrogens with zero attached hydrogens (tertiary/aromatic N) is 1. The van der Waals surface area contributed by atoms with E-state index >= 15 is 0 Å². The number of benzene rings is 1. The van der Waals surface area contributed by atoms with Crippen molar-refractivity contribution in [2.45, 2.75) is 20.4 Å². The summed E-state index contributed by atoms with van der Waals surface area (Å²) in [6.45, 7) is 5.54. The fourth-order valence-corrected chi connectivity index (χ4v) is 2.11. The molecule has 0 aliphatic heterocycles. The van der Waals surface area contributed by atoms with Crippen molar-refractivity contribution in [1.29, 1.82) is 0 Å². The van der Waals surface area contributed by atoms with Crippen molar-refractivity contribution in [1.82, 2.24) is 10.6 Å². The normalized spacial score (nSPS) is 11.9. The van der Waals surface area contributed by atoms with Crippen molar-refractivity contribution in [3.05, 3.63) is 29.8 Å². The highest BCUT2D eigenvalue weighted by atomic mass is 16.2. The lowest BCUT2D eigenvalue weighted by atomic mass is 10.2. The zero-order valence-corrected chi connectivity index (χ0v) is 14.8. The average molecular weight is 321 g/mol. The summed E-state index contributed by atoms with van der Waals surface area (Å²) in [7, 11) is 5.94. The Bertz CT molecular complexity index is 512. The van der Waals surface area contributed by atoms with Crippen molar-refractivity contribution in [2.24, 2.45) is 5.92 Å². The summed E-state index contributed by atoms with van der Waals surface area (Å²) in [6, 6.07) is 7.81. The number of carbonyl (C=O) groups is 2. The van der Waals surface area contributed by atoms with Crippen molar-refractivity contribution < 1.29 is 14.5 Å². The number of quaternary nitrogens is 1. The summed E-state index contributed by atoms with van der Waals surface area (Å²) < 4.78 is 0. The van der Waals surface area contributed by atoms with Crippen LogP contribution < -0.4 is 20.4 Å². The average Bonchev–Trinajstić information content (AvgIpc) is 2.45. The number of anilines is 1. The largest absolute Gasteiger partial charge is 0.378 e. The molecule has 0 fully saturated rings. The highest BCUT2D eigenvalue weighted by Gasteiger charge is 2.13. The molecule has 3 N–H and O–H groups in total. The Balaban J connectivity index is 2.39. The standard InChI is InChI=1S/C17H28N4O2/c1-13(2)10-18-17(23)19-16(22)12-21(5)11-14-6-8-15(9-7-14)20(3)4/h6-9,13H,10-12H2,1-5H3,(H2,18,19,22,23)/p+1. The predicted octanol–water partition coefficient (Wildman–Crippen LogP) is 0.249. The zero-order chi connectivity index (χ0) is 17.4. The first-order valence-corrected chi connectivity index (χ1v) is 7.93. The first-order valence-electron chi connectivity index (χ1n) is 7.93. The number of hydrogen-bond acceptors (Lipinski definition) is 3. The van der Waals surface area contributed by atoms with Crippen LogP contribution in [0.5, 0.6) is 0 Å². The second-order valence-corrected chi connectivity index (χ2v) is 6.52. The van der Waals surface area contributed by atoms with E-state index in [0.717, 1.165) is 22.7 Å². The molecule has 128 valence electrons. The summed E-state index contributed by atoms with van der Waals surface area (Å²) in [5.74, 6) is 0.0861. The van der Waals surface area contributed by atoms with E-state index in [4.69, 9.17) is 0 Å². The van der Waals surface area contributed by atoms with Gasteiger partial charge in [0, 0.05) is 31.9 Å². The molecule has 23 heavy (non-hydrogen) atoms. The van der Waals surface area contributed by atoms with Gasteiger partial charge in [0.2, 0.25) is 0 Å². The van der Waals surface area contributed by atoms with Crippen LogP contribution in [0.1, 0.15) is 19.4 Å². The molecule has 0 radical (unpaired) electrons. The molecule has 1 unspecified atom stereocenters. The lowest BCUT2D eigenvalue weighted by Gasteiger charge is -2.16. The van der Waals surface area contributed by atoms with E-state index in [9.17, 15) is 9.59 Å². The molecule has 6 nitrogen and oxygen atoms in total. The monoisotopic (exact) mass is 321 g/mol. The number of rotatable bonds is 7. The number of imide groups is 1. The van der Waals surface area contributed by atoms with Gasteiger partial charge in [-0.1, -0.05) is 26.0 Å². The lowest BCUT2D eigenvalue weighted by Crippen LogP contribution is -3.09. The minimum atomic E-state index is -0.424. The van der Waals surface area contributed by atoms with E-state index in [1.807, 2.05) is 39.9 Å². The highest BCUT2D eigenvalue weighted by Crippen LogP contribution is 2.11. The number of carbonyl (C=O) groups excluding carboxylic acids is 2. The SMILES string of the molecule is CC(C)CNC(=O)NC(=O)C[NH+](C)Cc1ccc(N(C)C)cc1. The molecule has 1 aromatic carbocycles. The van der Waals surface area contributed by atoms with Crippen molar-refractivity contribution in [3.63, 3.8) is 0 Å². The van der Waals surface area contributed by atoms with Crippen LogP contribution in [-0.2, 0) is 11.3 Å². The molecule has 1 rings (SSSR count). The van der Waals surface area contributed by atoms with Gasteiger partial charge in [0.15, 0.2) is 6.54 Å². The van der Waals surface area contributed by atoms with Gasteiger partial charge in [0.1, 0.15) is 6.54 Å². The van der Waals surface area contributed by atoms with Gasteiger partial charge in [-0.15, -0.1) is 0 Å². The van der Waals surface area contributed by atoms with Crippen LogP contribution in [0.3, 0.4) is 0 Å². The molecule has 0 saturated heterocycles. The van der Waals surface area contributed by atoms with Crippen molar-refractivity contribution in [3.8, 4) is 0 Å². The van der Waals surface area contributed by atoms with E-state index in [2.05, 4.69) is 34.9 Å². The fraction of sp³-hybridized carbons (Fsp3) is 0.529. The van der Waals surface area contributed by atoms with Crippen LogP contribution in [0.25, 0.3) is 0 Å². The van der Waals surface area contributed by atoms with E-state index in [0.29, 0.717) is 12.5 Å². The van der Waals surface area contributed by atoms with Gasteiger partial charge < -0.3 is 15.1 Å². The maximum absolute atomic E-state index is 11.8. The maximum Gasteiger partial charge on any atom is 0.321 e. The van der Waals surface area contributed by atoms with Gasteiger partial charge in [0.05, 0.1) is 7.05 Å². The molecule has 0 bridgehead atoms. The van der Waals surface area contributed by atoms with Crippen LogP contribution >= 0.6 is 0 Å². The van der Waals surface area contributed by atoms with Gasteiger partial charge in [-0.05, 0) is 18.1 Å². The van der Waals surface area contributed by atoms with Gasteiger partial charge in [-0.25, -0.2) is 4.79 Å². The number of hydrogen-bond donors (Lipinski definition) is 3. The first kappa shape index (κ1) is 19.0. The van der Waals surface area contributed by atoms with Gasteiger partial charge in [-0.3, -0.25) is 10.1 Å². The van der Waals surface area contributed by atoms with Crippen LogP contribution in [0.2, 0.25) is 0 Å². The molecular formula is C17H29N4O2+. The minimum absolute atomic E-state index is 0.254. The number of nitrogens with one attached hydrogen (secondary N) is 3. The Kier molecular flexibility index (Phi) is 7.54. The molecule has 1 atom stereocenters. The Morgan fingerprint density at radius 1 is 1.17 bits per heavy atom. The third-order valence-electron chi connectivity index (χ3n) is 3.34. The molecule has 0 spiro atoms. The summed E-state index contributed by atoms with van der Waals surface area (Å²) in [5.41, 5.74) is 2.30. The van der Waals surface area contributed by atoms with Crippen LogP contribution in [0.15, 0.2) is 24.3 Å². The first-order chi connectivity index (χ1) is 10.8. The molecule has 0 aliphatic carbocycles. The number of urea groups is 1. The molecule has 1 aromatic rings. The zero-order valence-electron chi connectivity index (χ0n) is 14.8. The van der Waals surface area contributed by atoms with Crippen LogP contribution in [0.4, 0.5) is 10.5 Å². The Labute approximate surface area is 138 Å². The number of amides is 3. The summed E-state index contributed by atoms with van der Waals surface area (Å²) in [6.07, 6.45) is 0. The molecule has 0 aliphatic rings. The Morgan fingerprint density at radius 2 is 1.78 bits per heavy atom. The predicted molar refractivity (Wildman–Crippen MR) is 92.6 cm³/mol. The van der Waals surface area contributed by atoms with E-state index < -0.39 is 6.03 Å². The van der Waals surface area contributed by atoms with Gasteiger partial charge in [-0.2, -0.15) is 0 Å². The molecule has 0 heterocycles. The van der Waals surface area contributed by atoms with Crippen LogP contribution in [0, 0.1) is 5.92 Å². The molecule has 0 saturated carbocycles. The third kappa shape index (κ3) is 7.65. The minimum Gasteiger partial charge on any atom is -0.378 e. The Hall–Kier alpha value is -2.08. The van der Waals surface area contributed by atoms with Crippen molar-refractivity contribution in [2.75, 3.05) is 39.1 Å². The topological polar surface area (TPSA) is 65.9 Å². The second kappa shape index (κ2) is 9.15. The molecule has 0 aromatic heterocycles. The molecule has 6 heteroatoms. The quantitative estimate of drug-likeness (QED) is 0.674. The molecular weight excluding hydrogens is 292 g/mol. The van der Waals surface area contributed by atoms with Gasteiger partial charge >= 0.3 is 6.03 Å². The van der Waals surface area contributed by atoms with E-state index in [1.54, 1.807) is 0 Å². The third-order valence-corrected chi connectivity index (χ3v) is 3.34. The Morgan fingerprint density at radius 3 is 2.30 bits per heavy atom. The van der Waals surface area contributed by atoms with Crippen LogP contribution in [-0.4, -0.2) is 46.2 Å². The van der Waals surface area contributed by atoms with Gasteiger partial charge in [0.25, 0.3) is 5.91 Å². The summed E-state index contributed by atoms with van der Waals surface area (Å²) in [4.78, 5) is 26.5. The summed E-state index contributed by atoms with van der Waals surface area (Å²) >= 11 is 0. The fourth-order valence-electron chi connectivity index (χ4n) is 2.11. The summed E-state index contributed by atoms with van der Waals surface area (Å²) in [5, 5.41) is 5.03. The maximum atomic E-state index is 11.8. The lowest BCUT2D eigenvalue weighted by molar-refractivity contribution is -0.885. The van der Waals surface area contributed by atoms with E-state index in [-0.39, 0.29) is 12.5 Å². The van der Waals surface area contributed by atoms with E-state index in [1.165, 1.54) is 0 Å². The second-order valence-electron chi connectivity index (χ2n) is 6.52. The molecule has 3 amide bonds. The number of likely N-dealkylation sites (N-methyl/N-ethyl adjacent to an activating group) is 1. The smallest absolute Gasteiger partial charge is 0.321 e.